The average Bonchev–Trinajstić information content (AvgIpc) is 3.00. The molecule has 0 atom stereocenters. The Morgan fingerprint density at radius 3 is 2.74 bits per heavy atom. The molecule has 2 heterocycles. The lowest BCUT2D eigenvalue weighted by Gasteiger charge is -2.25. The predicted octanol–water partition coefficient (Wildman–Crippen LogP) is 2.97. The quantitative estimate of drug-likeness (QED) is 0.831. The maximum absolute atomic E-state index is 6.10. The predicted molar refractivity (Wildman–Crippen MR) is 91.4 cm³/mol. The van der Waals surface area contributed by atoms with Crippen molar-refractivity contribution in [3.05, 3.63) is 60.8 Å². The number of benzene rings is 1. The average molecular weight is 311 g/mol. The van der Waals surface area contributed by atoms with E-state index < -0.39 is 0 Å². The first kappa shape index (κ1) is 15.4. The summed E-state index contributed by atoms with van der Waals surface area (Å²) < 4.78 is 11.0. The summed E-state index contributed by atoms with van der Waals surface area (Å²) in [5, 5.41) is 3.34. The van der Waals surface area contributed by atoms with E-state index in [0.29, 0.717) is 28.9 Å². The number of para-hydroxylation sites is 2. The molecule has 3 rings (SSSR count). The number of rotatable bonds is 5. The number of allylic oxidation sites excluding steroid dienone is 2. The fourth-order valence-corrected chi connectivity index (χ4v) is 2.52. The van der Waals surface area contributed by atoms with Gasteiger partial charge in [0.25, 0.3) is 0 Å². The van der Waals surface area contributed by atoms with Crippen molar-refractivity contribution in [3.8, 4) is 0 Å². The van der Waals surface area contributed by atoms with Gasteiger partial charge < -0.3 is 20.2 Å². The molecule has 0 amide bonds. The number of fused-ring (bicyclic) bond motifs is 1. The van der Waals surface area contributed by atoms with Crippen LogP contribution in [0.5, 0.6) is 0 Å². The highest BCUT2D eigenvalue weighted by atomic mass is 16.5. The molecule has 0 aliphatic carbocycles. The number of hydrogen-bond donors (Lipinski definition) is 2. The first-order chi connectivity index (χ1) is 11.1. The zero-order valence-corrected chi connectivity index (χ0v) is 13.0. The van der Waals surface area contributed by atoms with Crippen molar-refractivity contribution in [2.24, 2.45) is 5.73 Å². The molecule has 120 valence electrons. The number of aromatic nitrogens is 1. The van der Waals surface area contributed by atoms with Crippen LogP contribution in [-0.4, -0.2) is 24.2 Å². The van der Waals surface area contributed by atoms with E-state index in [1.165, 1.54) is 0 Å². The second-order valence-electron chi connectivity index (χ2n) is 5.62. The molecule has 1 saturated heterocycles. The smallest absolute Gasteiger partial charge is 0.226 e. The second kappa shape index (κ2) is 6.71. The summed E-state index contributed by atoms with van der Waals surface area (Å²) in [6, 6.07) is 7.94. The van der Waals surface area contributed by atoms with Gasteiger partial charge in [0.05, 0.1) is 11.4 Å². The van der Waals surface area contributed by atoms with E-state index in [1.54, 1.807) is 6.08 Å². The normalized spacial score (nSPS) is 16.4. The van der Waals surface area contributed by atoms with Crippen LogP contribution < -0.4 is 11.1 Å². The van der Waals surface area contributed by atoms with Crippen molar-refractivity contribution in [2.75, 3.05) is 13.2 Å². The summed E-state index contributed by atoms with van der Waals surface area (Å²) in [4.78, 5) is 4.41. The fourth-order valence-electron chi connectivity index (χ4n) is 2.52. The lowest BCUT2D eigenvalue weighted by molar-refractivity contribution is 0.0805. The minimum absolute atomic E-state index is 0.348. The molecule has 1 aromatic carbocycles. The first-order valence-electron chi connectivity index (χ1n) is 7.69. The zero-order chi connectivity index (χ0) is 16.2. The largest absolute Gasteiger partial charge is 0.436 e. The maximum Gasteiger partial charge on any atom is 0.226 e. The molecule has 0 saturated carbocycles. The number of hydrogen-bond acceptors (Lipinski definition) is 5. The van der Waals surface area contributed by atoms with Gasteiger partial charge in [-0.25, -0.2) is 4.98 Å². The number of oxazole rings is 1. The van der Waals surface area contributed by atoms with E-state index in [1.807, 2.05) is 24.3 Å². The first-order valence-corrected chi connectivity index (χ1v) is 7.69. The standard InChI is InChI=1S/C18H21N3O2/c1-12(18-21-16-5-3-4-6-17(16)23-18)11-15(19)13(2)20-14-7-9-22-10-8-14/h3-6,11,14,20H,1-2,7-10,19H2/b15-11+. The molecule has 23 heavy (non-hydrogen) atoms. The van der Waals surface area contributed by atoms with Gasteiger partial charge in [0.1, 0.15) is 5.52 Å². The Morgan fingerprint density at radius 1 is 1.26 bits per heavy atom. The van der Waals surface area contributed by atoms with E-state index >= 15 is 0 Å². The molecule has 1 fully saturated rings. The van der Waals surface area contributed by atoms with Crippen molar-refractivity contribution in [1.82, 2.24) is 10.3 Å². The monoisotopic (exact) mass is 311 g/mol. The van der Waals surface area contributed by atoms with Crippen molar-refractivity contribution < 1.29 is 9.15 Å². The molecular formula is C18H21N3O2. The summed E-state index contributed by atoms with van der Waals surface area (Å²) >= 11 is 0. The Labute approximate surface area is 135 Å². The van der Waals surface area contributed by atoms with Crippen LogP contribution in [0.2, 0.25) is 0 Å². The van der Waals surface area contributed by atoms with Crippen molar-refractivity contribution in [1.29, 1.82) is 0 Å². The van der Waals surface area contributed by atoms with E-state index in [0.717, 1.165) is 37.2 Å². The highest BCUT2D eigenvalue weighted by Crippen LogP contribution is 2.21. The van der Waals surface area contributed by atoms with E-state index in [4.69, 9.17) is 14.9 Å². The third kappa shape index (κ3) is 3.63. The fraction of sp³-hybridized carbons (Fsp3) is 0.278. The SMILES string of the molecule is C=C(NC1CCOCC1)/C(N)=C\C(=C)c1nc2ccccc2o1. The number of nitrogens with two attached hydrogens (primary N) is 1. The highest BCUT2D eigenvalue weighted by molar-refractivity contribution is 5.77. The third-order valence-corrected chi connectivity index (χ3v) is 3.85. The summed E-state index contributed by atoms with van der Waals surface area (Å²) in [5.41, 5.74) is 9.48. The summed E-state index contributed by atoms with van der Waals surface area (Å²) in [6.07, 6.45) is 3.65. The van der Waals surface area contributed by atoms with Crippen LogP contribution in [0.25, 0.3) is 16.7 Å². The third-order valence-electron chi connectivity index (χ3n) is 3.85. The molecule has 1 aromatic heterocycles. The molecule has 0 unspecified atom stereocenters. The van der Waals surface area contributed by atoms with Gasteiger partial charge in [-0.1, -0.05) is 25.3 Å². The Morgan fingerprint density at radius 2 is 2.00 bits per heavy atom. The lowest BCUT2D eigenvalue weighted by atomic mass is 10.1. The van der Waals surface area contributed by atoms with Crippen molar-refractivity contribution >= 4 is 16.7 Å². The molecule has 0 bridgehead atoms. The topological polar surface area (TPSA) is 73.3 Å². The van der Waals surface area contributed by atoms with Crippen LogP contribution in [0.4, 0.5) is 0 Å². The molecule has 5 nitrogen and oxygen atoms in total. The summed E-state index contributed by atoms with van der Waals surface area (Å²) in [7, 11) is 0. The zero-order valence-electron chi connectivity index (χ0n) is 13.0. The Hall–Kier alpha value is -2.53. The van der Waals surface area contributed by atoms with E-state index in [2.05, 4.69) is 23.5 Å². The van der Waals surface area contributed by atoms with Crippen LogP contribution in [0.1, 0.15) is 18.7 Å². The number of nitrogens with one attached hydrogen (secondary N) is 1. The molecule has 2 aromatic rings. The number of ether oxygens (including phenoxy) is 1. The van der Waals surface area contributed by atoms with Crippen LogP contribution in [0, 0.1) is 0 Å². The Balaban J connectivity index is 1.68. The van der Waals surface area contributed by atoms with E-state index in [-0.39, 0.29) is 0 Å². The minimum atomic E-state index is 0.348. The van der Waals surface area contributed by atoms with Crippen LogP contribution in [-0.2, 0) is 4.74 Å². The van der Waals surface area contributed by atoms with E-state index in [9.17, 15) is 0 Å². The minimum Gasteiger partial charge on any atom is -0.436 e. The molecule has 0 spiro atoms. The lowest BCUT2D eigenvalue weighted by Crippen LogP contribution is -2.35. The molecular weight excluding hydrogens is 290 g/mol. The Bertz CT molecular complexity index is 721. The molecule has 0 radical (unpaired) electrons. The van der Waals surface area contributed by atoms with Gasteiger partial charge in [-0.05, 0) is 31.1 Å². The molecule has 1 aliphatic rings. The summed E-state index contributed by atoms with van der Waals surface area (Å²) in [5.74, 6) is 0.466. The second-order valence-corrected chi connectivity index (χ2v) is 5.62. The van der Waals surface area contributed by atoms with Gasteiger partial charge in [0.15, 0.2) is 5.58 Å². The summed E-state index contributed by atoms with van der Waals surface area (Å²) in [6.45, 7) is 9.52. The van der Waals surface area contributed by atoms with Crippen molar-refractivity contribution in [3.63, 3.8) is 0 Å². The van der Waals surface area contributed by atoms with Gasteiger partial charge in [-0.3, -0.25) is 0 Å². The highest BCUT2D eigenvalue weighted by Gasteiger charge is 2.15. The Kier molecular flexibility index (Phi) is 4.48. The van der Waals surface area contributed by atoms with Crippen molar-refractivity contribution in [2.45, 2.75) is 18.9 Å². The number of nitrogens with zero attached hydrogens (tertiary/aromatic N) is 1. The van der Waals surface area contributed by atoms with Gasteiger partial charge in [0.2, 0.25) is 5.89 Å². The maximum atomic E-state index is 6.10. The van der Waals surface area contributed by atoms with Gasteiger partial charge in [0, 0.05) is 24.8 Å². The van der Waals surface area contributed by atoms with Gasteiger partial charge in [-0.15, -0.1) is 0 Å². The van der Waals surface area contributed by atoms with Gasteiger partial charge >= 0.3 is 0 Å². The molecule has 5 heteroatoms. The van der Waals surface area contributed by atoms with Crippen LogP contribution >= 0.6 is 0 Å². The molecule has 3 N–H and O–H groups in total. The van der Waals surface area contributed by atoms with Crippen LogP contribution in [0.15, 0.2) is 59.3 Å². The van der Waals surface area contributed by atoms with Gasteiger partial charge in [-0.2, -0.15) is 0 Å². The van der Waals surface area contributed by atoms with Crippen LogP contribution in [0.3, 0.4) is 0 Å². The molecule has 1 aliphatic heterocycles.